The molecule has 0 fully saturated rings. The Hall–Kier alpha value is -1.85. The molecular weight excluding hydrogens is 184 g/mol. The van der Waals surface area contributed by atoms with Crippen molar-refractivity contribution < 1.29 is 0 Å². The molecule has 0 aliphatic rings. The fourth-order valence-corrected chi connectivity index (χ4v) is 0.978. The maximum absolute atomic E-state index is 11.4. The summed E-state index contributed by atoms with van der Waals surface area (Å²) in [6.45, 7) is 3.93. The highest BCUT2D eigenvalue weighted by molar-refractivity contribution is 5.30. The van der Waals surface area contributed by atoms with Gasteiger partial charge in [-0.05, 0) is 0 Å². The van der Waals surface area contributed by atoms with Crippen LogP contribution in [0.25, 0.3) is 0 Å². The molecule has 6 heteroatoms. The van der Waals surface area contributed by atoms with Gasteiger partial charge >= 0.3 is 5.69 Å². The van der Waals surface area contributed by atoms with Crippen LogP contribution in [0.5, 0.6) is 0 Å². The lowest BCUT2D eigenvalue weighted by Gasteiger charge is -2.05. The lowest BCUT2D eigenvalue weighted by atomic mass is 10.6. The molecule has 6 nitrogen and oxygen atoms in total. The fraction of sp³-hybridized carbons (Fsp3) is 0.375. The molecular formula is C8H12N4O2. The monoisotopic (exact) mass is 196 g/mol. The Kier molecular flexibility index (Phi) is 2.85. The van der Waals surface area contributed by atoms with Crippen LogP contribution in [0, 0.1) is 0 Å². The molecule has 0 spiro atoms. The normalized spacial score (nSPS) is 9.86. The number of nitrogens with zero attached hydrogens (tertiary/aromatic N) is 3. The van der Waals surface area contributed by atoms with Crippen LogP contribution in [0.2, 0.25) is 0 Å². The summed E-state index contributed by atoms with van der Waals surface area (Å²) >= 11 is 0. The van der Waals surface area contributed by atoms with Gasteiger partial charge in [0, 0.05) is 20.6 Å². The maximum atomic E-state index is 11.4. The van der Waals surface area contributed by atoms with Crippen molar-refractivity contribution >= 4 is 5.82 Å². The van der Waals surface area contributed by atoms with Gasteiger partial charge in [-0.15, -0.1) is 11.7 Å². The second kappa shape index (κ2) is 3.91. The predicted octanol–water partition coefficient (Wildman–Crippen LogP) is -0.923. The summed E-state index contributed by atoms with van der Waals surface area (Å²) < 4.78 is 2.10. The van der Waals surface area contributed by atoms with Gasteiger partial charge in [-0.3, -0.25) is 9.36 Å². The molecule has 1 rings (SSSR count). The first-order valence-corrected chi connectivity index (χ1v) is 4.07. The summed E-state index contributed by atoms with van der Waals surface area (Å²) in [6.07, 6.45) is 1.60. The van der Waals surface area contributed by atoms with Crippen LogP contribution in [0.3, 0.4) is 0 Å². The minimum atomic E-state index is -0.445. The highest BCUT2D eigenvalue weighted by Crippen LogP contribution is 1.87. The lowest BCUT2D eigenvalue weighted by molar-refractivity contribution is 0.605. The molecule has 1 aromatic heterocycles. The first-order chi connectivity index (χ1) is 6.57. The third-order valence-electron chi connectivity index (χ3n) is 1.73. The smallest absolute Gasteiger partial charge is 0.346 e. The minimum Gasteiger partial charge on any atom is -0.361 e. The van der Waals surface area contributed by atoms with E-state index in [9.17, 15) is 9.59 Å². The van der Waals surface area contributed by atoms with E-state index in [-0.39, 0.29) is 5.82 Å². The molecule has 1 aromatic rings. The fourth-order valence-electron chi connectivity index (χ4n) is 0.978. The number of rotatable bonds is 3. The van der Waals surface area contributed by atoms with E-state index in [1.165, 1.54) is 14.1 Å². The molecule has 0 unspecified atom stereocenters. The van der Waals surface area contributed by atoms with Crippen molar-refractivity contribution in [3.63, 3.8) is 0 Å². The van der Waals surface area contributed by atoms with Crippen molar-refractivity contribution in [1.82, 2.24) is 14.3 Å². The molecule has 0 amide bonds. The van der Waals surface area contributed by atoms with Gasteiger partial charge < -0.3 is 5.32 Å². The zero-order valence-electron chi connectivity index (χ0n) is 8.15. The summed E-state index contributed by atoms with van der Waals surface area (Å²) in [6, 6.07) is 0. The molecule has 0 saturated heterocycles. The van der Waals surface area contributed by atoms with Crippen LogP contribution in [0.15, 0.2) is 22.2 Å². The largest absolute Gasteiger partial charge is 0.361 e. The average molecular weight is 196 g/mol. The van der Waals surface area contributed by atoms with Gasteiger partial charge in [0.2, 0.25) is 5.82 Å². The Bertz CT molecular complexity index is 457. The molecule has 1 heterocycles. The molecule has 0 bridgehead atoms. The second-order valence-corrected chi connectivity index (χ2v) is 2.79. The van der Waals surface area contributed by atoms with E-state index >= 15 is 0 Å². The van der Waals surface area contributed by atoms with Crippen LogP contribution in [-0.2, 0) is 14.1 Å². The van der Waals surface area contributed by atoms with Crippen LogP contribution >= 0.6 is 0 Å². The standard InChI is InChI=1S/C8H12N4O2/c1-4-5-9-6-7(13)11(2)8(14)12(3)10-6/h4H,1,5H2,2-3H3,(H,9,10). The lowest BCUT2D eigenvalue weighted by Crippen LogP contribution is -2.40. The van der Waals surface area contributed by atoms with Crippen molar-refractivity contribution in [2.24, 2.45) is 14.1 Å². The Labute approximate surface area is 80.5 Å². The van der Waals surface area contributed by atoms with Crippen LogP contribution in [0.4, 0.5) is 5.82 Å². The molecule has 0 saturated carbocycles. The number of hydrogen-bond donors (Lipinski definition) is 1. The Morgan fingerprint density at radius 1 is 1.50 bits per heavy atom. The Morgan fingerprint density at radius 2 is 2.14 bits per heavy atom. The highest BCUT2D eigenvalue weighted by Gasteiger charge is 2.06. The zero-order valence-corrected chi connectivity index (χ0v) is 8.15. The zero-order chi connectivity index (χ0) is 10.7. The van der Waals surface area contributed by atoms with Crippen LogP contribution < -0.4 is 16.6 Å². The molecule has 14 heavy (non-hydrogen) atoms. The van der Waals surface area contributed by atoms with E-state index in [4.69, 9.17) is 0 Å². The summed E-state index contributed by atoms with van der Waals surface area (Å²) in [5.41, 5.74) is -0.880. The van der Waals surface area contributed by atoms with Gasteiger partial charge in [-0.1, -0.05) is 6.08 Å². The molecule has 76 valence electrons. The number of aromatic nitrogens is 3. The maximum Gasteiger partial charge on any atom is 0.346 e. The highest BCUT2D eigenvalue weighted by atomic mass is 16.2. The molecule has 0 aromatic carbocycles. The van der Waals surface area contributed by atoms with E-state index in [1.54, 1.807) is 6.08 Å². The summed E-state index contributed by atoms with van der Waals surface area (Å²) in [4.78, 5) is 22.7. The van der Waals surface area contributed by atoms with E-state index in [0.29, 0.717) is 6.54 Å². The van der Waals surface area contributed by atoms with Gasteiger partial charge in [0.25, 0.3) is 5.56 Å². The first kappa shape index (κ1) is 10.2. The summed E-state index contributed by atoms with van der Waals surface area (Å²) in [5.74, 6) is 0.148. The molecule has 1 N–H and O–H groups in total. The summed E-state index contributed by atoms with van der Waals surface area (Å²) in [5, 5.41) is 6.53. The van der Waals surface area contributed by atoms with Gasteiger partial charge in [0.1, 0.15) is 0 Å². The van der Waals surface area contributed by atoms with Gasteiger partial charge in [-0.2, -0.15) is 0 Å². The first-order valence-electron chi connectivity index (χ1n) is 4.07. The van der Waals surface area contributed by atoms with Gasteiger partial charge in [0.15, 0.2) is 0 Å². The topological polar surface area (TPSA) is 68.9 Å². The van der Waals surface area contributed by atoms with Crippen LogP contribution in [0.1, 0.15) is 0 Å². The minimum absolute atomic E-state index is 0.148. The quantitative estimate of drug-likeness (QED) is 0.634. The van der Waals surface area contributed by atoms with Gasteiger partial charge in [-0.25, -0.2) is 9.48 Å². The molecule has 0 aliphatic carbocycles. The number of anilines is 1. The van der Waals surface area contributed by atoms with E-state index < -0.39 is 11.2 Å². The van der Waals surface area contributed by atoms with Crippen molar-refractivity contribution in [3.8, 4) is 0 Å². The van der Waals surface area contributed by atoms with E-state index in [0.717, 1.165) is 9.25 Å². The van der Waals surface area contributed by atoms with Crippen molar-refractivity contribution in [1.29, 1.82) is 0 Å². The van der Waals surface area contributed by atoms with Crippen molar-refractivity contribution in [2.75, 3.05) is 11.9 Å². The number of aryl methyl sites for hydroxylation is 1. The molecule has 0 radical (unpaired) electrons. The third-order valence-corrected chi connectivity index (χ3v) is 1.73. The van der Waals surface area contributed by atoms with Crippen molar-refractivity contribution in [2.45, 2.75) is 0 Å². The SMILES string of the molecule is C=CCNc1nn(C)c(=O)n(C)c1=O. The number of hydrogen-bond acceptors (Lipinski definition) is 4. The average Bonchev–Trinajstić information content (AvgIpc) is 2.18. The second-order valence-electron chi connectivity index (χ2n) is 2.79. The van der Waals surface area contributed by atoms with Gasteiger partial charge in [0.05, 0.1) is 0 Å². The van der Waals surface area contributed by atoms with E-state index in [1.807, 2.05) is 0 Å². The van der Waals surface area contributed by atoms with Crippen LogP contribution in [-0.4, -0.2) is 20.9 Å². The Balaban J connectivity index is 3.26. The Morgan fingerprint density at radius 3 is 2.71 bits per heavy atom. The number of nitrogens with one attached hydrogen (secondary N) is 1. The van der Waals surface area contributed by atoms with Crippen molar-refractivity contribution in [3.05, 3.63) is 33.5 Å². The summed E-state index contributed by atoms with van der Waals surface area (Å²) in [7, 11) is 2.90. The molecule has 0 aliphatic heterocycles. The predicted molar refractivity (Wildman–Crippen MR) is 53.4 cm³/mol. The third kappa shape index (κ3) is 1.73. The van der Waals surface area contributed by atoms with E-state index in [2.05, 4.69) is 17.0 Å². The molecule has 0 atom stereocenters.